The van der Waals surface area contributed by atoms with Crippen LogP contribution in [0.5, 0.6) is 0 Å². The van der Waals surface area contributed by atoms with Crippen molar-refractivity contribution in [1.82, 2.24) is 9.55 Å². The number of allylic oxidation sites excluding steroid dienone is 4. The van der Waals surface area contributed by atoms with E-state index in [1.807, 2.05) is 0 Å². The van der Waals surface area contributed by atoms with Crippen molar-refractivity contribution in [3.05, 3.63) is 35.7 Å². The number of hydrogen-bond donors (Lipinski definition) is 0. The van der Waals surface area contributed by atoms with E-state index in [0.717, 1.165) is 0 Å². The van der Waals surface area contributed by atoms with Crippen LogP contribution in [-0.2, 0) is 31.9 Å². The van der Waals surface area contributed by atoms with Gasteiger partial charge >= 0.3 is 85.5 Å². The van der Waals surface area contributed by atoms with Crippen LogP contribution in [0.4, 0.5) is 50.4 Å². The second kappa shape index (κ2) is 10.3. The summed E-state index contributed by atoms with van der Waals surface area (Å²) in [7, 11) is -19.3. The number of hydrogen-bond acceptors (Lipinski definition) is 1. The number of nitrogens with zero attached hydrogens (tertiary/aromatic N) is 2. The van der Waals surface area contributed by atoms with Crippen LogP contribution < -0.4 is 5.57 Å². The fourth-order valence-electron chi connectivity index (χ4n) is 3.34. The molecule has 0 aliphatic heterocycles. The fraction of sp³-hybridized carbons (Fsp3) is 0.632. The number of halogens is 12. The average Bonchev–Trinajstić information content (AvgIpc) is 3.08. The third-order valence-corrected chi connectivity index (χ3v) is 7.32. The van der Waals surface area contributed by atoms with E-state index >= 15 is 0 Å². The smallest absolute Gasteiger partial charge is 2.00 e. The fourth-order valence-corrected chi connectivity index (χ4v) is 6.12. The molecular weight excluding hydrogens is 678 g/mol. The molecule has 0 saturated carbocycles. The molecule has 0 saturated heterocycles. The Kier molecular flexibility index (Phi) is 10.8. The largest absolute Gasteiger partial charge is 2.00 e. The molecule has 1 aromatic rings. The quantitative estimate of drug-likeness (QED) is 0.173. The molecule has 0 unspecified atom stereocenters. The van der Waals surface area contributed by atoms with Crippen LogP contribution in [0.25, 0.3) is 0 Å². The molecule has 2 nitrogen and oxygen atoms in total. The average molecular weight is 709 g/mol. The summed E-state index contributed by atoms with van der Waals surface area (Å²) in [6.45, 7) is 16.2. The third-order valence-electron chi connectivity index (χ3n) is 4.23. The zero-order chi connectivity index (χ0) is 29.5. The number of rotatable bonds is 4. The van der Waals surface area contributed by atoms with Gasteiger partial charge in [0.1, 0.15) is 5.57 Å². The zero-order valence-corrected chi connectivity index (χ0v) is 25.6. The molecule has 0 aromatic carbocycles. The van der Waals surface area contributed by atoms with Gasteiger partial charge in [0.25, 0.3) is 0 Å². The molecule has 18 heteroatoms. The van der Waals surface area contributed by atoms with Crippen LogP contribution in [0.3, 0.4) is 0 Å². The molecule has 0 fully saturated rings. The minimum Gasteiger partial charge on any atom is 2.00 e. The van der Waals surface area contributed by atoms with Crippen LogP contribution in [-0.4, -0.2) is 20.9 Å². The summed E-state index contributed by atoms with van der Waals surface area (Å²) in [5.74, 6) is 0.372. The van der Waals surface area contributed by atoms with Gasteiger partial charge in [-0.25, -0.2) is 4.98 Å². The first kappa shape index (κ1) is 38.9. The summed E-state index contributed by atoms with van der Waals surface area (Å²) >= 11 is 0. The number of imidazole rings is 1. The van der Waals surface area contributed by atoms with Crippen molar-refractivity contribution >= 4 is 29.1 Å². The van der Waals surface area contributed by atoms with Crippen LogP contribution >= 0.6 is 23.5 Å². The molecule has 0 atom stereocenters. The molecule has 1 aliphatic carbocycles. The molecule has 37 heavy (non-hydrogen) atoms. The molecule has 1 aliphatic rings. The van der Waals surface area contributed by atoms with E-state index in [1.165, 1.54) is 17.0 Å². The van der Waals surface area contributed by atoms with Crippen molar-refractivity contribution in [2.24, 2.45) is 7.05 Å². The summed E-state index contributed by atoms with van der Waals surface area (Å²) in [6, 6.07) is 0. The Labute approximate surface area is 222 Å². The predicted molar refractivity (Wildman–Crippen MR) is 127 cm³/mol. The first-order chi connectivity index (χ1) is 15.0. The van der Waals surface area contributed by atoms with E-state index < -0.39 is 15.6 Å². The van der Waals surface area contributed by atoms with Gasteiger partial charge in [-0.2, -0.15) is 0 Å². The van der Waals surface area contributed by atoms with E-state index in [4.69, 9.17) is 4.98 Å². The first-order valence-corrected chi connectivity index (χ1v) is 15.9. The third kappa shape index (κ3) is 20.3. The minimum absolute atomic E-state index is 0. The summed E-state index contributed by atoms with van der Waals surface area (Å²) < 4.78 is 121. The van der Waals surface area contributed by atoms with Crippen molar-refractivity contribution in [2.45, 2.75) is 71.1 Å². The molecule has 0 spiro atoms. The van der Waals surface area contributed by atoms with Crippen LogP contribution in [0, 0.1) is 0 Å². The van der Waals surface area contributed by atoms with Crippen LogP contribution in [0.15, 0.2) is 24.3 Å². The second-order valence-corrected chi connectivity index (χ2v) is 16.9. The van der Waals surface area contributed by atoms with Crippen molar-refractivity contribution < 1.29 is 69.8 Å². The van der Waals surface area contributed by atoms with Crippen LogP contribution in [0.1, 0.15) is 65.8 Å². The molecule has 0 amide bonds. The Hall–Kier alpha value is -0.237. The molecule has 224 valence electrons. The van der Waals surface area contributed by atoms with Gasteiger partial charge in [0, 0.05) is 18.4 Å². The molecule has 0 bridgehead atoms. The summed E-state index contributed by atoms with van der Waals surface area (Å²) in [4.78, 5) is 5.19. The topological polar surface area (TPSA) is 17.8 Å². The van der Waals surface area contributed by atoms with Gasteiger partial charge in [-0.05, 0) is 19.2 Å². The second-order valence-electron chi connectivity index (χ2n) is 9.76. The maximum atomic E-state index is 9.87. The van der Waals surface area contributed by atoms with Gasteiger partial charge in [0.15, 0.2) is 0 Å². The van der Waals surface area contributed by atoms with E-state index in [0.29, 0.717) is 17.2 Å². The first-order valence-electron chi connectivity index (χ1n) is 10.4. The maximum Gasteiger partial charge on any atom is 2.00 e. The van der Waals surface area contributed by atoms with Gasteiger partial charge in [-0.3, -0.25) is 0 Å². The molecule has 2 rings (SSSR count). The molecule has 1 heterocycles. The standard InChI is InChI=1S/C19H31N2P.2F6P.Ru/c1-13(2)22(14(3)4)18-20-17(19(5,6)7)16(21(18)8)15-11-9-10-12-15;2*1-7(2,3,4,5)6;/h9-15H,1-8H3;;;/q;2*-1;+2. The summed E-state index contributed by atoms with van der Waals surface area (Å²) in [6.07, 6.45) is 8.86. The van der Waals surface area contributed by atoms with Crippen molar-refractivity contribution in [3.63, 3.8) is 0 Å². The molecule has 0 radical (unpaired) electrons. The Morgan fingerprint density at radius 1 is 0.757 bits per heavy atom. The Bertz CT molecular complexity index is 916. The van der Waals surface area contributed by atoms with Gasteiger partial charge in [-0.1, -0.05) is 72.8 Å². The Balaban J connectivity index is 0. The Morgan fingerprint density at radius 3 is 1.30 bits per heavy atom. The SMILES string of the molecule is CC(C)P(c1nc(C(C)(C)C)c(C2C=CC=C2)n1C)C(C)C.F[P-](F)(F)(F)(F)F.F[P-](F)(F)(F)(F)F.[Ru+2]. The molecular formula is C19H31F12N2P3Ru. The molecule has 0 N–H and O–H groups in total. The number of aromatic nitrogens is 2. The normalized spacial score (nSPS) is 18.2. The van der Waals surface area contributed by atoms with Gasteiger partial charge in [-0.15, -0.1) is 0 Å². The summed E-state index contributed by atoms with van der Waals surface area (Å²) in [5.41, 5.74) is 5.35. The van der Waals surface area contributed by atoms with Crippen molar-refractivity contribution in [3.8, 4) is 0 Å². The summed E-state index contributed by atoms with van der Waals surface area (Å²) in [5, 5.41) is 0. The van der Waals surface area contributed by atoms with Crippen LogP contribution in [0.2, 0.25) is 0 Å². The molecule has 1 aromatic heterocycles. The monoisotopic (exact) mass is 710 g/mol. The van der Waals surface area contributed by atoms with E-state index in [1.54, 1.807) is 0 Å². The van der Waals surface area contributed by atoms with Gasteiger partial charge in [0.2, 0.25) is 0 Å². The van der Waals surface area contributed by atoms with Gasteiger partial charge < -0.3 is 4.57 Å². The maximum absolute atomic E-state index is 10.7. The minimum atomic E-state index is -10.7. The zero-order valence-electron chi connectivity index (χ0n) is 21.2. The van der Waals surface area contributed by atoms with Crippen molar-refractivity contribution in [2.75, 3.05) is 0 Å². The predicted octanol–water partition coefficient (Wildman–Crippen LogP) is 11.6. The van der Waals surface area contributed by atoms with E-state index in [-0.39, 0.29) is 32.8 Å². The van der Waals surface area contributed by atoms with E-state index in [2.05, 4.69) is 84.4 Å². The van der Waals surface area contributed by atoms with E-state index in [9.17, 15) is 50.4 Å². The Morgan fingerprint density at radius 2 is 1.05 bits per heavy atom. The van der Waals surface area contributed by atoms with Gasteiger partial charge in [0.05, 0.1) is 11.4 Å². The van der Waals surface area contributed by atoms with Crippen molar-refractivity contribution in [1.29, 1.82) is 0 Å².